The fourth-order valence-electron chi connectivity index (χ4n) is 2.02. The van der Waals surface area contributed by atoms with Crippen molar-refractivity contribution in [2.24, 2.45) is 5.73 Å². The molecule has 6 nitrogen and oxygen atoms in total. The number of fused-ring (bicyclic) bond motifs is 1. The molecule has 0 saturated carbocycles. The number of halogens is 4. The Hall–Kier alpha value is -2.42. The Morgan fingerprint density at radius 1 is 1.39 bits per heavy atom. The minimum atomic E-state index is -4.57. The summed E-state index contributed by atoms with van der Waals surface area (Å²) in [6, 6.07) is 3.13. The van der Waals surface area contributed by atoms with Gasteiger partial charge in [0.15, 0.2) is 5.96 Å². The molecule has 0 bridgehead atoms. The average molecular weight is 351 g/mol. The predicted octanol–water partition coefficient (Wildman–Crippen LogP) is 2.58. The van der Waals surface area contributed by atoms with Crippen LogP contribution in [0.5, 0.6) is 5.75 Å². The van der Waals surface area contributed by atoms with Crippen molar-refractivity contribution in [3.63, 3.8) is 0 Å². The zero-order valence-corrected chi connectivity index (χ0v) is 12.9. The van der Waals surface area contributed by atoms with Crippen molar-refractivity contribution in [3.05, 3.63) is 29.5 Å². The topological polar surface area (TPSA) is 95.2 Å². The summed E-state index contributed by atoms with van der Waals surface area (Å²) in [7, 11) is 2.56. The molecule has 2 rings (SSSR count). The molecule has 10 heteroatoms. The minimum absolute atomic E-state index is 0. The van der Waals surface area contributed by atoms with Gasteiger partial charge < -0.3 is 15.5 Å². The summed E-state index contributed by atoms with van der Waals surface area (Å²) in [6.45, 7) is 0. The van der Waals surface area contributed by atoms with Crippen molar-refractivity contribution in [2.45, 2.75) is 6.18 Å². The Bertz CT molecular complexity index is 757. The summed E-state index contributed by atoms with van der Waals surface area (Å²) in [5, 5.41) is 7.01. The summed E-state index contributed by atoms with van der Waals surface area (Å²) >= 11 is 0. The maximum absolute atomic E-state index is 13.0. The van der Waals surface area contributed by atoms with Gasteiger partial charge in [0.1, 0.15) is 11.4 Å². The number of ether oxygens (including phenoxy) is 1. The Kier molecular flexibility index (Phi) is 5.16. The molecule has 2 aromatic rings. The SMILES string of the molecule is COc1ccc(C(F)(F)F)c2cc(C(=O)N(C)C(=N)N)[nH]c12.Cl. The molecule has 0 aliphatic rings. The zero-order valence-electron chi connectivity index (χ0n) is 12.1. The third kappa shape index (κ3) is 3.34. The van der Waals surface area contributed by atoms with Gasteiger partial charge in [-0.05, 0) is 18.2 Å². The number of amides is 1. The second-order valence-electron chi connectivity index (χ2n) is 4.53. The highest BCUT2D eigenvalue weighted by Gasteiger charge is 2.34. The number of rotatable bonds is 2. The third-order valence-electron chi connectivity index (χ3n) is 3.18. The molecule has 1 amide bonds. The molecule has 0 atom stereocenters. The quantitative estimate of drug-likeness (QED) is 0.574. The Balaban J connectivity index is 0.00000264. The number of nitrogens with one attached hydrogen (secondary N) is 2. The van der Waals surface area contributed by atoms with Gasteiger partial charge in [-0.3, -0.25) is 15.1 Å². The monoisotopic (exact) mass is 350 g/mol. The van der Waals surface area contributed by atoms with Crippen LogP contribution in [0, 0.1) is 5.41 Å². The molecule has 4 N–H and O–H groups in total. The van der Waals surface area contributed by atoms with Crippen LogP contribution in [0.1, 0.15) is 16.1 Å². The Morgan fingerprint density at radius 3 is 2.48 bits per heavy atom. The van der Waals surface area contributed by atoms with Gasteiger partial charge in [-0.25, -0.2) is 0 Å². The lowest BCUT2D eigenvalue weighted by Gasteiger charge is -2.12. The van der Waals surface area contributed by atoms with E-state index in [1.54, 1.807) is 0 Å². The number of benzene rings is 1. The number of hydrogen-bond donors (Lipinski definition) is 3. The summed E-state index contributed by atoms with van der Waals surface area (Å²) in [6.07, 6.45) is -4.57. The highest BCUT2D eigenvalue weighted by atomic mass is 35.5. The van der Waals surface area contributed by atoms with Gasteiger partial charge in [0.2, 0.25) is 0 Å². The first-order valence-electron chi connectivity index (χ1n) is 6.05. The molecule has 0 unspecified atom stereocenters. The first-order valence-corrected chi connectivity index (χ1v) is 6.05. The van der Waals surface area contributed by atoms with Crippen LogP contribution in [-0.2, 0) is 6.18 Å². The number of guanidine groups is 1. The van der Waals surface area contributed by atoms with E-state index in [1.165, 1.54) is 20.2 Å². The van der Waals surface area contributed by atoms with Crippen molar-refractivity contribution >= 4 is 35.2 Å². The standard InChI is InChI=1S/C13H13F3N4O2.ClH/c1-20(12(17)18)11(21)8-5-6-7(13(14,15)16)3-4-9(22-2)10(6)19-8;/h3-5,19H,1-2H3,(H3,17,18);1H. The van der Waals surface area contributed by atoms with Gasteiger partial charge in [-0.15, -0.1) is 12.4 Å². The number of aromatic amines is 1. The van der Waals surface area contributed by atoms with Crippen LogP contribution >= 0.6 is 12.4 Å². The van der Waals surface area contributed by atoms with Gasteiger partial charge in [0, 0.05) is 12.4 Å². The largest absolute Gasteiger partial charge is 0.495 e. The first-order chi connectivity index (χ1) is 10.2. The van der Waals surface area contributed by atoms with Crippen LogP contribution in [0.25, 0.3) is 10.9 Å². The van der Waals surface area contributed by atoms with E-state index in [0.29, 0.717) is 0 Å². The van der Waals surface area contributed by atoms with E-state index in [2.05, 4.69) is 4.98 Å². The number of nitrogens with two attached hydrogens (primary N) is 1. The number of nitrogens with zero attached hydrogens (tertiary/aromatic N) is 1. The molecule has 1 aromatic heterocycles. The van der Waals surface area contributed by atoms with Crippen LogP contribution in [0.3, 0.4) is 0 Å². The highest BCUT2D eigenvalue weighted by molar-refractivity contribution is 6.06. The van der Waals surface area contributed by atoms with E-state index in [0.717, 1.165) is 17.0 Å². The number of H-pyrrole nitrogens is 1. The first kappa shape index (κ1) is 18.6. The van der Waals surface area contributed by atoms with Crippen LogP contribution in [0.2, 0.25) is 0 Å². The maximum Gasteiger partial charge on any atom is 0.417 e. The lowest BCUT2D eigenvalue weighted by atomic mass is 10.1. The summed E-state index contributed by atoms with van der Waals surface area (Å²) in [5.41, 5.74) is 4.24. The van der Waals surface area contributed by atoms with E-state index >= 15 is 0 Å². The van der Waals surface area contributed by atoms with Crippen LogP contribution in [0.4, 0.5) is 13.2 Å². The third-order valence-corrected chi connectivity index (χ3v) is 3.18. The van der Waals surface area contributed by atoms with Gasteiger partial charge >= 0.3 is 6.18 Å². The summed E-state index contributed by atoms with van der Waals surface area (Å²) < 4.78 is 44.1. The van der Waals surface area contributed by atoms with E-state index in [9.17, 15) is 18.0 Å². The van der Waals surface area contributed by atoms with E-state index in [-0.39, 0.29) is 34.8 Å². The fraction of sp³-hybridized carbons (Fsp3) is 0.231. The molecule has 0 spiro atoms. The van der Waals surface area contributed by atoms with Crippen molar-refractivity contribution in [2.75, 3.05) is 14.2 Å². The molecule has 0 aliphatic heterocycles. The number of carbonyl (C=O) groups is 1. The molecule has 1 heterocycles. The number of carbonyl (C=O) groups excluding carboxylic acids is 1. The molecule has 1 aromatic carbocycles. The van der Waals surface area contributed by atoms with Crippen LogP contribution in [0.15, 0.2) is 18.2 Å². The zero-order chi connectivity index (χ0) is 16.7. The molecule has 0 saturated heterocycles. The van der Waals surface area contributed by atoms with E-state index in [4.69, 9.17) is 15.9 Å². The maximum atomic E-state index is 13.0. The van der Waals surface area contributed by atoms with E-state index in [1.807, 2.05) is 0 Å². The lowest BCUT2D eigenvalue weighted by Crippen LogP contribution is -2.38. The number of aromatic nitrogens is 1. The molecular weight excluding hydrogens is 337 g/mol. The molecular formula is C13H14ClF3N4O2. The molecule has 0 aliphatic carbocycles. The van der Waals surface area contributed by atoms with Crippen LogP contribution in [-0.4, -0.2) is 35.9 Å². The minimum Gasteiger partial charge on any atom is -0.495 e. The van der Waals surface area contributed by atoms with Crippen LogP contribution < -0.4 is 10.5 Å². The van der Waals surface area contributed by atoms with E-state index < -0.39 is 23.6 Å². The average Bonchev–Trinajstić information content (AvgIpc) is 2.87. The number of alkyl halides is 3. The Morgan fingerprint density at radius 2 is 2.00 bits per heavy atom. The second kappa shape index (κ2) is 6.37. The van der Waals surface area contributed by atoms with Gasteiger partial charge in [-0.1, -0.05) is 0 Å². The molecule has 126 valence electrons. The molecule has 0 fully saturated rings. The van der Waals surface area contributed by atoms with Gasteiger partial charge in [0.25, 0.3) is 5.91 Å². The Labute approximate surface area is 135 Å². The summed E-state index contributed by atoms with van der Waals surface area (Å²) in [4.78, 5) is 15.5. The normalized spacial score (nSPS) is 11.0. The lowest BCUT2D eigenvalue weighted by molar-refractivity contribution is -0.136. The number of methoxy groups -OCH3 is 1. The highest BCUT2D eigenvalue weighted by Crippen LogP contribution is 2.38. The predicted molar refractivity (Wildman–Crippen MR) is 81.1 cm³/mol. The summed E-state index contributed by atoms with van der Waals surface area (Å²) in [5.74, 6) is -1.07. The molecule has 0 radical (unpaired) electrons. The van der Waals surface area contributed by atoms with Crippen molar-refractivity contribution in [3.8, 4) is 5.75 Å². The van der Waals surface area contributed by atoms with Crippen molar-refractivity contribution < 1.29 is 22.7 Å². The smallest absolute Gasteiger partial charge is 0.417 e. The van der Waals surface area contributed by atoms with Gasteiger partial charge in [0.05, 0.1) is 18.2 Å². The van der Waals surface area contributed by atoms with Crippen molar-refractivity contribution in [1.29, 1.82) is 5.41 Å². The fourth-order valence-corrected chi connectivity index (χ4v) is 2.02. The number of hydrogen-bond acceptors (Lipinski definition) is 3. The van der Waals surface area contributed by atoms with Crippen molar-refractivity contribution in [1.82, 2.24) is 9.88 Å². The second-order valence-corrected chi connectivity index (χ2v) is 4.53. The molecule has 23 heavy (non-hydrogen) atoms. The van der Waals surface area contributed by atoms with Gasteiger partial charge in [-0.2, -0.15) is 13.2 Å².